The van der Waals surface area contributed by atoms with Gasteiger partial charge in [-0.05, 0) is 24.3 Å². The summed E-state index contributed by atoms with van der Waals surface area (Å²) < 4.78 is 1.75. The first kappa shape index (κ1) is 10.9. The Kier molecular flexibility index (Phi) is 2.63. The third-order valence-electron chi connectivity index (χ3n) is 2.42. The Bertz CT molecular complexity index is 662. The van der Waals surface area contributed by atoms with E-state index in [9.17, 15) is 4.79 Å². The molecule has 5 heteroatoms. The Labute approximate surface area is 97.2 Å². The second-order valence-corrected chi connectivity index (χ2v) is 3.52. The molecule has 0 aliphatic rings. The van der Waals surface area contributed by atoms with E-state index in [0.29, 0.717) is 11.4 Å². The highest BCUT2D eigenvalue weighted by atomic mass is 16.4. The Morgan fingerprint density at radius 2 is 2.35 bits per heavy atom. The second-order valence-electron chi connectivity index (χ2n) is 3.52. The fraction of sp³-hybridized carbons (Fsp3) is 0.0833. The van der Waals surface area contributed by atoms with Crippen LogP contribution in [-0.4, -0.2) is 20.6 Å². The van der Waals surface area contributed by atoms with Crippen molar-refractivity contribution < 1.29 is 9.90 Å². The van der Waals surface area contributed by atoms with Crippen molar-refractivity contribution in [1.82, 2.24) is 9.55 Å². The molecule has 5 nitrogen and oxygen atoms in total. The monoisotopic (exact) mass is 227 g/mol. The molecule has 0 atom stereocenters. The molecular weight excluding hydrogens is 218 g/mol. The van der Waals surface area contributed by atoms with Crippen molar-refractivity contribution in [3.05, 3.63) is 35.7 Å². The zero-order chi connectivity index (χ0) is 12.4. The van der Waals surface area contributed by atoms with Gasteiger partial charge in [0.1, 0.15) is 5.82 Å². The maximum atomic E-state index is 10.4. The number of aryl methyl sites for hydroxylation is 1. The summed E-state index contributed by atoms with van der Waals surface area (Å²) in [6.07, 6.45) is 2.46. The lowest BCUT2D eigenvalue weighted by Crippen LogP contribution is -1.93. The molecule has 0 radical (unpaired) electrons. The van der Waals surface area contributed by atoms with E-state index in [1.807, 2.05) is 0 Å². The van der Waals surface area contributed by atoms with Crippen molar-refractivity contribution in [2.75, 3.05) is 0 Å². The molecule has 1 aromatic heterocycles. The molecule has 0 fully saturated rings. The minimum Gasteiger partial charge on any atom is -0.478 e. The molecule has 0 amide bonds. The van der Waals surface area contributed by atoms with Crippen LogP contribution in [0.2, 0.25) is 0 Å². The molecule has 1 N–H and O–H groups in total. The number of hydrogen-bond acceptors (Lipinski definition) is 3. The number of hydrogen-bond donors (Lipinski definition) is 1. The van der Waals surface area contributed by atoms with Crippen LogP contribution in [0.15, 0.2) is 24.3 Å². The summed E-state index contributed by atoms with van der Waals surface area (Å²) in [5.74, 6) is -0.479. The van der Waals surface area contributed by atoms with E-state index < -0.39 is 5.97 Å². The number of aromatic nitrogens is 2. The van der Waals surface area contributed by atoms with Crippen molar-refractivity contribution in [2.24, 2.45) is 7.05 Å². The highest BCUT2D eigenvalue weighted by Gasteiger charge is 2.06. The van der Waals surface area contributed by atoms with Gasteiger partial charge in [0, 0.05) is 13.1 Å². The molecule has 2 aromatic rings. The number of carboxylic acids is 1. The van der Waals surface area contributed by atoms with Crippen LogP contribution in [0.4, 0.5) is 0 Å². The Hall–Kier alpha value is -2.61. The van der Waals surface area contributed by atoms with Crippen LogP contribution in [0.3, 0.4) is 0 Å². The predicted octanol–water partition coefficient (Wildman–Crippen LogP) is 1.54. The fourth-order valence-corrected chi connectivity index (χ4v) is 1.57. The molecule has 0 unspecified atom stereocenters. The molecule has 0 aliphatic heterocycles. The number of carboxylic acid groups (broad SMARTS) is 1. The summed E-state index contributed by atoms with van der Waals surface area (Å²) >= 11 is 0. The van der Waals surface area contributed by atoms with Crippen molar-refractivity contribution in [2.45, 2.75) is 0 Å². The average molecular weight is 227 g/mol. The van der Waals surface area contributed by atoms with Gasteiger partial charge < -0.3 is 9.67 Å². The number of carbonyl (C=O) groups is 1. The second kappa shape index (κ2) is 4.10. The third kappa shape index (κ3) is 2.01. The quantitative estimate of drug-likeness (QED) is 0.789. The summed E-state index contributed by atoms with van der Waals surface area (Å²) in [5, 5.41) is 17.4. The van der Waals surface area contributed by atoms with Crippen molar-refractivity contribution in [3.8, 4) is 6.07 Å². The number of nitriles is 1. The molecule has 0 bridgehead atoms. The van der Waals surface area contributed by atoms with Gasteiger partial charge >= 0.3 is 5.97 Å². The number of fused-ring (bicyclic) bond motifs is 1. The van der Waals surface area contributed by atoms with Gasteiger partial charge in [0.2, 0.25) is 0 Å². The molecule has 84 valence electrons. The molecule has 0 saturated heterocycles. The highest BCUT2D eigenvalue weighted by molar-refractivity contribution is 5.86. The first-order chi connectivity index (χ1) is 8.11. The zero-order valence-corrected chi connectivity index (χ0v) is 9.08. The lowest BCUT2D eigenvalue weighted by Gasteiger charge is -1.96. The Balaban J connectivity index is 2.58. The molecular formula is C12H9N3O2. The van der Waals surface area contributed by atoms with Crippen LogP contribution in [0.25, 0.3) is 17.1 Å². The summed E-state index contributed by atoms with van der Waals surface area (Å²) in [4.78, 5) is 14.7. The van der Waals surface area contributed by atoms with Gasteiger partial charge in [0.05, 0.1) is 22.7 Å². The van der Waals surface area contributed by atoms with E-state index in [2.05, 4.69) is 11.1 Å². The largest absolute Gasteiger partial charge is 0.478 e. The summed E-state index contributed by atoms with van der Waals surface area (Å²) in [6.45, 7) is 0. The SMILES string of the molecule is Cn1c(/C=C/C(=O)O)nc2ccc(C#N)cc21. The molecule has 0 spiro atoms. The third-order valence-corrected chi connectivity index (χ3v) is 2.42. The Morgan fingerprint density at radius 1 is 1.59 bits per heavy atom. The van der Waals surface area contributed by atoms with Gasteiger partial charge in [-0.3, -0.25) is 0 Å². The topological polar surface area (TPSA) is 78.9 Å². The summed E-state index contributed by atoms with van der Waals surface area (Å²) in [7, 11) is 1.78. The summed E-state index contributed by atoms with van der Waals surface area (Å²) in [6, 6.07) is 7.20. The zero-order valence-electron chi connectivity index (χ0n) is 9.08. The summed E-state index contributed by atoms with van der Waals surface area (Å²) in [5.41, 5.74) is 2.08. The maximum absolute atomic E-state index is 10.4. The van der Waals surface area contributed by atoms with Crippen LogP contribution in [0, 0.1) is 11.3 Å². The fourth-order valence-electron chi connectivity index (χ4n) is 1.57. The molecule has 2 rings (SSSR count). The lowest BCUT2D eigenvalue weighted by molar-refractivity contribution is -0.131. The normalized spacial score (nSPS) is 10.8. The number of rotatable bonds is 2. The smallest absolute Gasteiger partial charge is 0.328 e. The van der Waals surface area contributed by atoms with Gasteiger partial charge in [-0.15, -0.1) is 0 Å². The molecule has 1 heterocycles. The average Bonchev–Trinajstić information content (AvgIpc) is 2.63. The van der Waals surface area contributed by atoms with Gasteiger partial charge in [-0.25, -0.2) is 9.78 Å². The van der Waals surface area contributed by atoms with E-state index >= 15 is 0 Å². The van der Waals surface area contributed by atoms with Gasteiger partial charge in [-0.2, -0.15) is 5.26 Å². The van der Waals surface area contributed by atoms with Gasteiger partial charge in [0.25, 0.3) is 0 Å². The van der Waals surface area contributed by atoms with Gasteiger partial charge in [-0.1, -0.05) is 0 Å². The number of benzene rings is 1. The predicted molar refractivity (Wildman–Crippen MR) is 62.1 cm³/mol. The highest BCUT2D eigenvalue weighted by Crippen LogP contribution is 2.17. The van der Waals surface area contributed by atoms with Crippen molar-refractivity contribution >= 4 is 23.1 Å². The minimum atomic E-state index is -1.02. The van der Waals surface area contributed by atoms with Crippen LogP contribution >= 0.6 is 0 Å². The van der Waals surface area contributed by atoms with Crippen LogP contribution < -0.4 is 0 Å². The maximum Gasteiger partial charge on any atom is 0.328 e. The lowest BCUT2D eigenvalue weighted by atomic mass is 10.2. The molecule has 1 aromatic carbocycles. The van der Waals surface area contributed by atoms with Crippen LogP contribution in [0.1, 0.15) is 11.4 Å². The standard InChI is InChI=1S/C12H9N3O2/c1-15-10-6-8(7-13)2-3-9(10)14-11(15)4-5-12(16)17/h2-6H,1H3,(H,16,17)/b5-4+. The first-order valence-electron chi connectivity index (χ1n) is 4.89. The van der Waals surface area contributed by atoms with E-state index in [0.717, 1.165) is 17.1 Å². The molecule has 0 saturated carbocycles. The first-order valence-corrected chi connectivity index (χ1v) is 4.89. The number of nitrogens with zero attached hydrogens (tertiary/aromatic N) is 3. The number of aliphatic carboxylic acids is 1. The Morgan fingerprint density at radius 3 is 3.00 bits per heavy atom. The van der Waals surface area contributed by atoms with Crippen molar-refractivity contribution in [1.29, 1.82) is 5.26 Å². The van der Waals surface area contributed by atoms with Crippen LogP contribution in [0.5, 0.6) is 0 Å². The van der Waals surface area contributed by atoms with Crippen molar-refractivity contribution in [3.63, 3.8) is 0 Å². The van der Waals surface area contributed by atoms with E-state index in [1.165, 1.54) is 6.08 Å². The minimum absolute atomic E-state index is 0.539. The molecule has 0 aliphatic carbocycles. The van der Waals surface area contributed by atoms with E-state index in [1.54, 1.807) is 29.8 Å². The van der Waals surface area contributed by atoms with Crippen LogP contribution in [-0.2, 0) is 11.8 Å². The van der Waals surface area contributed by atoms with E-state index in [4.69, 9.17) is 10.4 Å². The molecule has 17 heavy (non-hydrogen) atoms. The van der Waals surface area contributed by atoms with E-state index in [-0.39, 0.29) is 0 Å². The van der Waals surface area contributed by atoms with Gasteiger partial charge in [0.15, 0.2) is 0 Å². The number of imidazole rings is 1.